The first-order chi connectivity index (χ1) is 12.9. The standard InChI is InChI=1S/C22H27NO2.CHN/c1-22(2,3)15-18-11-12-20-19(14-18)10-7-13-23(20)21(24)25-16-17-8-5-4-6-9-17;1-2/h4-6,8-9,11-12,14H,7,10,13,15-16H2,1-3H3;1H. The molecule has 27 heavy (non-hydrogen) atoms. The number of rotatable bonds is 3. The fraction of sp³-hybridized carbons (Fsp3) is 0.391. The molecule has 0 saturated heterocycles. The third-order valence-electron chi connectivity index (χ3n) is 4.42. The third kappa shape index (κ3) is 5.86. The van der Waals surface area contributed by atoms with Gasteiger partial charge >= 0.3 is 6.09 Å². The van der Waals surface area contributed by atoms with E-state index in [1.807, 2.05) is 30.3 Å². The number of amides is 1. The summed E-state index contributed by atoms with van der Waals surface area (Å²) in [5.74, 6) is 0. The Morgan fingerprint density at radius 1 is 1.11 bits per heavy atom. The average molecular weight is 364 g/mol. The molecule has 4 nitrogen and oxygen atoms in total. The molecule has 1 amide bonds. The Bertz CT molecular complexity index is 776. The van der Waals surface area contributed by atoms with Crippen LogP contribution in [0.25, 0.3) is 0 Å². The van der Waals surface area contributed by atoms with E-state index in [2.05, 4.69) is 45.5 Å². The Morgan fingerprint density at radius 2 is 1.81 bits per heavy atom. The van der Waals surface area contributed by atoms with Gasteiger partial charge in [-0.15, -0.1) is 0 Å². The molecular formula is C23H28N2O2. The molecular weight excluding hydrogens is 336 g/mol. The number of anilines is 1. The van der Waals surface area contributed by atoms with Gasteiger partial charge in [0.1, 0.15) is 6.61 Å². The lowest BCUT2D eigenvalue weighted by atomic mass is 9.86. The van der Waals surface area contributed by atoms with E-state index in [1.165, 1.54) is 11.1 Å². The van der Waals surface area contributed by atoms with Crippen LogP contribution in [0.5, 0.6) is 0 Å². The SMILES string of the molecule is C#N.CC(C)(C)Cc1ccc2c(c1)CCCN2C(=O)OCc1ccccc1. The molecule has 0 atom stereocenters. The summed E-state index contributed by atoms with van der Waals surface area (Å²) in [6.45, 7) is 11.3. The van der Waals surface area contributed by atoms with Crippen LogP contribution in [0.1, 0.15) is 43.9 Å². The van der Waals surface area contributed by atoms with Gasteiger partial charge in [0.05, 0.1) is 5.69 Å². The Labute approximate surface area is 162 Å². The highest BCUT2D eigenvalue weighted by Gasteiger charge is 2.24. The summed E-state index contributed by atoms with van der Waals surface area (Å²) in [4.78, 5) is 14.3. The number of nitriles is 1. The number of carbonyl (C=O) groups excluding carboxylic acids is 1. The summed E-state index contributed by atoms with van der Waals surface area (Å²) in [5, 5.41) is 6.50. The summed E-state index contributed by atoms with van der Waals surface area (Å²) in [5.41, 5.74) is 4.86. The number of hydrogen-bond acceptors (Lipinski definition) is 3. The number of ether oxygens (including phenoxy) is 1. The molecule has 142 valence electrons. The topological polar surface area (TPSA) is 53.3 Å². The zero-order valence-corrected chi connectivity index (χ0v) is 16.4. The summed E-state index contributed by atoms with van der Waals surface area (Å²) >= 11 is 0. The van der Waals surface area contributed by atoms with Crippen LogP contribution < -0.4 is 4.90 Å². The Kier molecular flexibility index (Phi) is 7.01. The van der Waals surface area contributed by atoms with Crippen LogP contribution in [0.2, 0.25) is 0 Å². The normalized spacial score (nSPS) is 13.1. The number of nitrogens with zero attached hydrogens (tertiary/aromatic N) is 2. The molecule has 1 aliphatic heterocycles. The van der Waals surface area contributed by atoms with E-state index in [-0.39, 0.29) is 11.5 Å². The molecule has 0 radical (unpaired) electrons. The average Bonchev–Trinajstić information content (AvgIpc) is 2.66. The molecule has 2 aromatic rings. The third-order valence-corrected chi connectivity index (χ3v) is 4.42. The van der Waals surface area contributed by atoms with Gasteiger partial charge in [-0.2, -0.15) is 0 Å². The van der Waals surface area contributed by atoms with Crippen LogP contribution in [-0.4, -0.2) is 12.6 Å². The molecule has 3 rings (SSSR count). The van der Waals surface area contributed by atoms with Crippen LogP contribution in [0.3, 0.4) is 0 Å². The first-order valence-corrected chi connectivity index (χ1v) is 9.28. The van der Waals surface area contributed by atoms with Gasteiger partial charge in [0.2, 0.25) is 0 Å². The van der Waals surface area contributed by atoms with E-state index in [0.717, 1.165) is 37.1 Å². The zero-order chi connectivity index (χ0) is 19.9. The van der Waals surface area contributed by atoms with Gasteiger partial charge in [-0.1, -0.05) is 63.2 Å². The first-order valence-electron chi connectivity index (χ1n) is 9.28. The number of carbonyl (C=O) groups is 1. The lowest BCUT2D eigenvalue weighted by Crippen LogP contribution is -2.36. The maximum Gasteiger partial charge on any atom is 0.414 e. The predicted octanol–water partition coefficient (Wildman–Crippen LogP) is 5.50. The molecule has 0 unspecified atom stereocenters. The van der Waals surface area contributed by atoms with E-state index in [9.17, 15) is 4.79 Å². The van der Waals surface area contributed by atoms with Gasteiger partial charge in [0, 0.05) is 13.1 Å². The van der Waals surface area contributed by atoms with E-state index in [0.29, 0.717) is 6.61 Å². The molecule has 0 N–H and O–H groups in total. The maximum atomic E-state index is 12.6. The monoisotopic (exact) mass is 364 g/mol. The number of fused-ring (bicyclic) bond motifs is 1. The zero-order valence-electron chi connectivity index (χ0n) is 16.4. The van der Waals surface area contributed by atoms with Gasteiger partial charge in [-0.3, -0.25) is 4.90 Å². The summed E-state index contributed by atoms with van der Waals surface area (Å²) in [6, 6.07) is 16.3. The molecule has 1 heterocycles. The van der Waals surface area contributed by atoms with Gasteiger partial charge in [0.15, 0.2) is 0 Å². The lowest BCUT2D eigenvalue weighted by molar-refractivity contribution is 0.146. The number of hydrogen-bond donors (Lipinski definition) is 0. The van der Waals surface area contributed by atoms with Crippen LogP contribution >= 0.6 is 0 Å². The van der Waals surface area contributed by atoms with Crippen molar-refractivity contribution in [3.05, 3.63) is 65.2 Å². The fourth-order valence-electron chi connectivity index (χ4n) is 3.36. The number of aryl methyl sites for hydroxylation is 1. The molecule has 0 fully saturated rings. The molecule has 2 aromatic carbocycles. The molecule has 0 aromatic heterocycles. The smallest absolute Gasteiger partial charge is 0.414 e. The van der Waals surface area contributed by atoms with Crippen molar-refractivity contribution in [1.82, 2.24) is 0 Å². The minimum absolute atomic E-state index is 0.256. The van der Waals surface area contributed by atoms with E-state index in [4.69, 9.17) is 10.00 Å². The van der Waals surface area contributed by atoms with E-state index in [1.54, 1.807) is 4.90 Å². The van der Waals surface area contributed by atoms with Crippen molar-refractivity contribution in [3.8, 4) is 6.57 Å². The second-order valence-electron chi connectivity index (χ2n) is 8.00. The highest BCUT2D eigenvalue weighted by molar-refractivity contribution is 5.89. The molecule has 0 saturated carbocycles. The van der Waals surface area contributed by atoms with Crippen molar-refractivity contribution in [1.29, 1.82) is 5.26 Å². The fourth-order valence-corrected chi connectivity index (χ4v) is 3.36. The Balaban J connectivity index is 0.00000126. The molecule has 0 aliphatic carbocycles. The van der Waals surface area contributed by atoms with Crippen LogP contribution in [0.4, 0.5) is 10.5 Å². The number of benzene rings is 2. The van der Waals surface area contributed by atoms with Crippen molar-refractivity contribution in [2.75, 3.05) is 11.4 Å². The van der Waals surface area contributed by atoms with Crippen molar-refractivity contribution in [2.45, 2.75) is 46.6 Å². The maximum absolute atomic E-state index is 12.6. The Hall–Kier alpha value is -2.80. The van der Waals surface area contributed by atoms with Gasteiger partial charge in [-0.05, 0) is 47.4 Å². The Morgan fingerprint density at radius 3 is 2.48 bits per heavy atom. The van der Waals surface area contributed by atoms with Crippen molar-refractivity contribution in [2.24, 2.45) is 5.41 Å². The van der Waals surface area contributed by atoms with E-state index >= 15 is 0 Å². The van der Waals surface area contributed by atoms with Crippen LogP contribution in [0.15, 0.2) is 48.5 Å². The highest BCUT2D eigenvalue weighted by Crippen LogP contribution is 2.31. The van der Waals surface area contributed by atoms with Crippen molar-refractivity contribution < 1.29 is 9.53 Å². The quantitative estimate of drug-likeness (QED) is 0.722. The largest absolute Gasteiger partial charge is 0.444 e. The highest BCUT2D eigenvalue weighted by atomic mass is 16.6. The molecule has 0 bridgehead atoms. The minimum atomic E-state index is -0.256. The molecule has 1 aliphatic rings. The summed E-state index contributed by atoms with van der Waals surface area (Å²) in [7, 11) is 0. The summed E-state index contributed by atoms with van der Waals surface area (Å²) < 4.78 is 5.52. The lowest BCUT2D eigenvalue weighted by Gasteiger charge is -2.29. The van der Waals surface area contributed by atoms with Crippen molar-refractivity contribution >= 4 is 11.8 Å². The second kappa shape index (κ2) is 9.23. The second-order valence-corrected chi connectivity index (χ2v) is 8.00. The van der Waals surface area contributed by atoms with Gasteiger partial charge in [-0.25, -0.2) is 10.1 Å². The van der Waals surface area contributed by atoms with E-state index < -0.39 is 0 Å². The van der Waals surface area contributed by atoms with Crippen LogP contribution in [0, 0.1) is 17.2 Å². The molecule has 0 spiro atoms. The molecule has 4 heteroatoms. The first kappa shape index (κ1) is 20.5. The predicted molar refractivity (Wildman–Crippen MR) is 109 cm³/mol. The summed E-state index contributed by atoms with van der Waals surface area (Å²) in [6.07, 6.45) is 2.79. The van der Waals surface area contributed by atoms with Gasteiger partial charge in [0.25, 0.3) is 0 Å². The van der Waals surface area contributed by atoms with Gasteiger partial charge < -0.3 is 4.74 Å². The minimum Gasteiger partial charge on any atom is -0.444 e. The van der Waals surface area contributed by atoms with Crippen LogP contribution in [-0.2, 0) is 24.2 Å². The van der Waals surface area contributed by atoms with Crippen molar-refractivity contribution in [3.63, 3.8) is 0 Å².